The van der Waals surface area contributed by atoms with Crippen LogP contribution in [0.1, 0.15) is 63.3 Å². The third kappa shape index (κ3) is 5.50. The predicted octanol–water partition coefficient (Wildman–Crippen LogP) is 4.34. The van der Waals surface area contributed by atoms with Gasteiger partial charge in [0.2, 0.25) is 10.0 Å². The number of hydrogen-bond donors (Lipinski definition) is 2. The smallest absolute Gasteiger partial charge is 0.407 e. The van der Waals surface area contributed by atoms with Crippen molar-refractivity contribution in [2.75, 3.05) is 18.8 Å². The van der Waals surface area contributed by atoms with E-state index in [0.717, 1.165) is 48.4 Å². The Kier molecular flexibility index (Phi) is 7.25. The summed E-state index contributed by atoms with van der Waals surface area (Å²) in [5.41, 5.74) is 7.06. The lowest BCUT2D eigenvalue weighted by Gasteiger charge is -2.28. The molecule has 2 aromatic rings. The summed E-state index contributed by atoms with van der Waals surface area (Å²) in [7, 11) is -3.60. The highest BCUT2D eigenvalue weighted by Gasteiger charge is 2.31. The second kappa shape index (κ2) is 9.99. The van der Waals surface area contributed by atoms with Gasteiger partial charge in [0, 0.05) is 42.5 Å². The van der Waals surface area contributed by atoms with Crippen molar-refractivity contribution >= 4 is 33.1 Å². The van der Waals surface area contributed by atoms with E-state index < -0.39 is 10.0 Å². The van der Waals surface area contributed by atoms with E-state index in [4.69, 9.17) is 10.5 Å². The molecule has 180 valence electrons. The Balaban J connectivity index is 1.48. The van der Waals surface area contributed by atoms with E-state index in [-0.39, 0.29) is 23.1 Å². The van der Waals surface area contributed by atoms with Crippen LogP contribution >= 0.6 is 11.3 Å². The minimum absolute atomic E-state index is 0.112. The highest BCUT2D eigenvalue weighted by molar-refractivity contribution is 7.89. The summed E-state index contributed by atoms with van der Waals surface area (Å²) in [6.07, 6.45) is 6.61. The summed E-state index contributed by atoms with van der Waals surface area (Å²) in [5, 5.41) is 3.96. The van der Waals surface area contributed by atoms with E-state index in [2.05, 4.69) is 10.3 Å². The summed E-state index contributed by atoms with van der Waals surface area (Å²) < 4.78 is 33.3. The maximum Gasteiger partial charge on any atom is 0.407 e. The second-order valence-electron chi connectivity index (χ2n) is 9.08. The molecule has 8 nitrogen and oxygen atoms in total. The summed E-state index contributed by atoms with van der Waals surface area (Å²) >= 11 is 1.55. The zero-order valence-corrected chi connectivity index (χ0v) is 20.8. The first kappa shape index (κ1) is 24.0. The SMILES string of the molecule is CC(C)OC(=O)N[C@H]1CC[C@H](c2ncc(-c3ccc(N)cc3S(=O)(=O)N3CCCC3)s2)CC1. The fourth-order valence-electron chi connectivity index (χ4n) is 4.52. The van der Waals surface area contributed by atoms with Crippen LogP contribution in [-0.4, -0.2) is 49.0 Å². The molecule has 2 aliphatic rings. The van der Waals surface area contributed by atoms with Gasteiger partial charge >= 0.3 is 6.09 Å². The van der Waals surface area contributed by atoms with Gasteiger partial charge in [-0.25, -0.2) is 18.2 Å². The van der Waals surface area contributed by atoms with Crippen molar-refractivity contribution in [3.05, 3.63) is 29.4 Å². The van der Waals surface area contributed by atoms with Crippen LogP contribution in [-0.2, 0) is 14.8 Å². The average Bonchev–Trinajstić information content (AvgIpc) is 3.46. The quantitative estimate of drug-likeness (QED) is 0.580. The summed E-state index contributed by atoms with van der Waals surface area (Å²) in [4.78, 5) is 17.6. The fraction of sp³-hybridized carbons (Fsp3) is 0.565. The van der Waals surface area contributed by atoms with Gasteiger partial charge in [-0.1, -0.05) is 6.07 Å². The van der Waals surface area contributed by atoms with Gasteiger partial charge in [-0.2, -0.15) is 4.31 Å². The molecule has 0 atom stereocenters. The molecule has 1 aliphatic carbocycles. The van der Waals surface area contributed by atoms with Gasteiger partial charge in [0.05, 0.1) is 20.9 Å². The molecule has 4 rings (SSSR count). The zero-order chi connectivity index (χ0) is 23.6. The largest absolute Gasteiger partial charge is 0.447 e. The maximum absolute atomic E-state index is 13.3. The number of nitrogens with zero attached hydrogens (tertiary/aromatic N) is 2. The number of alkyl carbamates (subject to hydrolysis) is 1. The second-order valence-corrected chi connectivity index (χ2v) is 12.0. The molecule has 0 spiro atoms. The number of aromatic nitrogens is 1. The van der Waals surface area contributed by atoms with Crippen LogP contribution in [0.25, 0.3) is 10.4 Å². The number of sulfonamides is 1. The minimum atomic E-state index is -3.60. The molecule has 1 amide bonds. The first-order chi connectivity index (χ1) is 15.7. The van der Waals surface area contributed by atoms with Gasteiger partial charge in [-0.05, 0) is 64.5 Å². The number of nitrogens with one attached hydrogen (secondary N) is 1. The van der Waals surface area contributed by atoms with E-state index in [1.165, 1.54) is 0 Å². The highest BCUT2D eigenvalue weighted by atomic mass is 32.2. The summed E-state index contributed by atoms with van der Waals surface area (Å²) in [6.45, 7) is 4.76. The van der Waals surface area contributed by atoms with Crippen molar-refractivity contribution in [2.45, 2.75) is 75.3 Å². The van der Waals surface area contributed by atoms with Gasteiger partial charge in [-0.15, -0.1) is 11.3 Å². The highest BCUT2D eigenvalue weighted by Crippen LogP contribution is 2.40. The number of ether oxygens (including phenoxy) is 1. The van der Waals surface area contributed by atoms with E-state index in [1.807, 2.05) is 13.8 Å². The maximum atomic E-state index is 13.3. The molecular weight excluding hydrogens is 460 g/mol. The van der Waals surface area contributed by atoms with E-state index in [1.54, 1.807) is 40.0 Å². The Hall–Kier alpha value is -2.17. The summed E-state index contributed by atoms with van der Waals surface area (Å²) in [5.74, 6) is 0.301. The standard InChI is InChI=1S/C23H32N4O4S2/c1-15(2)31-23(28)26-18-8-5-16(6-9-18)22-25-14-20(32-22)19-10-7-17(24)13-21(19)33(29,30)27-11-3-4-12-27/h7,10,13-16,18H,3-6,8-9,11-12,24H2,1-2H3,(H,26,28)/t16-,18-. The Morgan fingerprint density at radius 3 is 2.58 bits per heavy atom. The lowest BCUT2D eigenvalue weighted by Crippen LogP contribution is -2.38. The Morgan fingerprint density at radius 1 is 1.21 bits per heavy atom. The number of benzene rings is 1. The molecule has 0 radical (unpaired) electrons. The molecule has 0 bridgehead atoms. The van der Waals surface area contributed by atoms with Crippen LogP contribution in [0.15, 0.2) is 29.3 Å². The van der Waals surface area contributed by atoms with Gasteiger partial charge in [-0.3, -0.25) is 0 Å². The van der Waals surface area contributed by atoms with Crippen LogP contribution in [0.2, 0.25) is 0 Å². The van der Waals surface area contributed by atoms with E-state index >= 15 is 0 Å². The van der Waals surface area contributed by atoms with Crippen LogP contribution in [0, 0.1) is 0 Å². The lowest BCUT2D eigenvalue weighted by molar-refractivity contribution is 0.109. The average molecular weight is 493 g/mol. The van der Waals surface area contributed by atoms with Gasteiger partial charge in [0.25, 0.3) is 0 Å². The Bertz CT molecular complexity index is 1090. The number of amides is 1. The number of nitrogens with two attached hydrogens (primary N) is 1. The molecule has 1 aromatic heterocycles. The Labute approximate surface area is 199 Å². The van der Waals surface area contributed by atoms with Crippen molar-refractivity contribution in [3.8, 4) is 10.4 Å². The number of rotatable bonds is 6. The third-order valence-electron chi connectivity index (χ3n) is 6.22. The molecule has 2 heterocycles. The normalized spacial score (nSPS) is 21.9. The molecule has 1 saturated carbocycles. The number of carbonyl (C=O) groups is 1. The van der Waals surface area contributed by atoms with Crippen molar-refractivity contribution in [2.24, 2.45) is 0 Å². The first-order valence-electron chi connectivity index (χ1n) is 11.6. The summed E-state index contributed by atoms with van der Waals surface area (Å²) in [6, 6.07) is 5.21. The van der Waals surface area contributed by atoms with Gasteiger partial charge in [0.1, 0.15) is 0 Å². The molecule has 1 saturated heterocycles. The fourth-order valence-corrected chi connectivity index (χ4v) is 7.47. The molecule has 3 N–H and O–H groups in total. The van der Waals surface area contributed by atoms with Gasteiger partial charge in [0.15, 0.2) is 0 Å². The van der Waals surface area contributed by atoms with Gasteiger partial charge < -0.3 is 15.8 Å². The number of thiazole rings is 1. The number of nitrogen functional groups attached to an aromatic ring is 1. The van der Waals surface area contributed by atoms with Crippen molar-refractivity contribution in [1.82, 2.24) is 14.6 Å². The van der Waals surface area contributed by atoms with Crippen molar-refractivity contribution < 1.29 is 17.9 Å². The van der Waals surface area contributed by atoms with Crippen LogP contribution in [0.4, 0.5) is 10.5 Å². The van der Waals surface area contributed by atoms with Crippen LogP contribution in [0.5, 0.6) is 0 Å². The lowest BCUT2D eigenvalue weighted by atomic mass is 9.86. The van der Waals surface area contributed by atoms with Crippen LogP contribution in [0.3, 0.4) is 0 Å². The van der Waals surface area contributed by atoms with E-state index in [0.29, 0.717) is 30.3 Å². The molecule has 10 heteroatoms. The molecule has 1 aromatic carbocycles. The zero-order valence-electron chi connectivity index (χ0n) is 19.1. The third-order valence-corrected chi connectivity index (χ3v) is 9.35. The molecule has 0 unspecified atom stereocenters. The topological polar surface area (TPSA) is 115 Å². The molecule has 2 fully saturated rings. The molecule has 33 heavy (non-hydrogen) atoms. The number of anilines is 1. The monoisotopic (exact) mass is 492 g/mol. The molecular formula is C23H32N4O4S2. The van der Waals surface area contributed by atoms with Crippen molar-refractivity contribution in [3.63, 3.8) is 0 Å². The minimum Gasteiger partial charge on any atom is -0.447 e. The Morgan fingerprint density at radius 2 is 1.91 bits per heavy atom. The molecule has 1 aliphatic heterocycles. The van der Waals surface area contributed by atoms with Crippen LogP contribution < -0.4 is 11.1 Å². The first-order valence-corrected chi connectivity index (χ1v) is 13.8. The number of carbonyl (C=O) groups excluding carboxylic acids is 1. The number of hydrogen-bond acceptors (Lipinski definition) is 7. The van der Waals surface area contributed by atoms with Crippen molar-refractivity contribution in [1.29, 1.82) is 0 Å². The van der Waals surface area contributed by atoms with E-state index in [9.17, 15) is 13.2 Å². The predicted molar refractivity (Wildman–Crippen MR) is 130 cm³/mol.